The van der Waals surface area contributed by atoms with E-state index in [1.54, 1.807) is 4.90 Å². The first kappa shape index (κ1) is 20.9. The minimum atomic E-state index is -0.783. The van der Waals surface area contributed by atoms with E-state index in [2.05, 4.69) is 42.5 Å². The topological polar surface area (TPSA) is 37.4 Å². The molecule has 1 fully saturated rings. The monoisotopic (exact) mass is 425 g/mol. The molecular formula is C29H31NO2. The summed E-state index contributed by atoms with van der Waals surface area (Å²) in [5.74, 6) is -0.593. The largest absolute Gasteiger partial charge is 0.281 e. The van der Waals surface area contributed by atoms with Crippen molar-refractivity contribution in [2.24, 2.45) is 11.3 Å². The van der Waals surface area contributed by atoms with Crippen LogP contribution in [0.2, 0.25) is 0 Å². The smallest absolute Gasteiger partial charge is 0.236 e. The first-order valence-corrected chi connectivity index (χ1v) is 11.9. The molecule has 164 valence electrons. The lowest BCUT2D eigenvalue weighted by Crippen LogP contribution is -2.42. The van der Waals surface area contributed by atoms with Gasteiger partial charge in [0.2, 0.25) is 11.8 Å². The third kappa shape index (κ3) is 3.44. The fourth-order valence-electron chi connectivity index (χ4n) is 6.04. The van der Waals surface area contributed by atoms with Gasteiger partial charge in [-0.15, -0.1) is 0 Å². The van der Waals surface area contributed by atoms with Crippen LogP contribution in [0, 0.1) is 11.3 Å². The third-order valence-corrected chi connectivity index (χ3v) is 7.78. The molecule has 2 amide bonds. The summed E-state index contributed by atoms with van der Waals surface area (Å²) in [6.45, 7) is 2.52. The number of hydrogen-bond donors (Lipinski definition) is 0. The van der Waals surface area contributed by atoms with Gasteiger partial charge in [0, 0.05) is 18.4 Å². The van der Waals surface area contributed by atoms with Crippen LogP contribution in [-0.2, 0) is 9.59 Å². The van der Waals surface area contributed by atoms with E-state index in [1.165, 1.54) is 18.4 Å². The fraction of sp³-hybridized carbons (Fsp3) is 0.379. The number of nitrogens with zero attached hydrogens (tertiary/aromatic N) is 1. The van der Waals surface area contributed by atoms with E-state index in [4.69, 9.17) is 0 Å². The average Bonchev–Trinajstić information content (AvgIpc) is 3.04. The Balaban J connectivity index is 1.53. The van der Waals surface area contributed by atoms with E-state index in [0.29, 0.717) is 6.54 Å². The van der Waals surface area contributed by atoms with Gasteiger partial charge >= 0.3 is 0 Å². The van der Waals surface area contributed by atoms with Gasteiger partial charge in [0.05, 0.1) is 11.3 Å². The number of benzene rings is 2. The third-order valence-electron chi connectivity index (χ3n) is 7.78. The molecule has 0 radical (unpaired) electrons. The number of fused-ring (bicyclic) bond motifs is 1. The molecule has 2 aromatic rings. The van der Waals surface area contributed by atoms with Crippen molar-refractivity contribution < 1.29 is 9.59 Å². The van der Waals surface area contributed by atoms with Gasteiger partial charge < -0.3 is 0 Å². The van der Waals surface area contributed by atoms with Gasteiger partial charge in [-0.1, -0.05) is 84.5 Å². The number of likely N-dealkylation sites (tertiary alicyclic amines) is 1. The zero-order valence-corrected chi connectivity index (χ0v) is 18.7. The molecule has 0 bridgehead atoms. The Morgan fingerprint density at radius 2 is 1.59 bits per heavy atom. The van der Waals surface area contributed by atoms with E-state index in [-0.39, 0.29) is 29.6 Å². The van der Waals surface area contributed by atoms with E-state index < -0.39 is 5.41 Å². The van der Waals surface area contributed by atoms with E-state index >= 15 is 0 Å². The van der Waals surface area contributed by atoms with Crippen LogP contribution in [0.4, 0.5) is 0 Å². The number of carbonyl (C=O) groups excluding carboxylic acids is 2. The van der Waals surface area contributed by atoms with Crippen molar-refractivity contribution in [3.05, 3.63) is 95.6 Å². The van der Waals surface area contributed by atoms with E-state index in [0.717, 1.165) is 30.4 Å². The maximum absolute atomic E-state index is 14.0. The molecule has 1 saturated heterocycles. The molecule has 0 N–H and O–H groups in total. The molecule has 1 heterocycles. The maximum atomic E-state index is 14.0. The zero-order valence-electron chi connectivity index (χ0n) is 18.7. The van der Waals surface area contributed by atoms with Gasteiger partial charge in [-0.05, 0) is 50.2 Å². The summed E-state index contributed by atoms with van der Waals surface area (Å²) in [5, 5.41) is 0. The molecule has 3 heteroatoms. The van der Waals surface area contributed by atoms with Gasteiger partial charge in [-0.25, -0.2) is 0 Å². The molecule has 0 aromatic heterocycles. The number of amides is 2. The van der Waals surface area contributed by atoms with Crippen LogP contribution in [0.5, 0.6) is 0 Å². The quantitative estimate of drug-likeness (QED) is 0.435. The Kier molecular flexibility index (Phi) is 5.58. The lowest BCUT2D eigenvalue weighted by Gasteiger charge is -2.41. The first-order chi connectivity index (χ1) is 15.6. The summed E-state index contributed by atoms with van der Waals surface area (Å²) in [6, 6.07) is 20.3. The minimum absolute atomic E-state index is 0.00644. The Bertz CT molecular complexity index is 1060. The Morgan fingerprint density at radius 3 is 2.25 bits per heavy atom. The number of hydrogen-bond acceptors (Lipinski definition) is 2. The summed E-state index contributed by atoms with van der Waals surface area (Å²) in [6.07, 6.45) is 12.1. The van der Waals surface area contributed by atoms with Gasteiger partial charge in [0.25, 0.3) is 0 Å². The molecule has 4 atom stereocenters. The predicted octanol–water partition coefficient (Wildman–Crippen LogP) is 6.01. The normalized spacial score (nSPS) is 29.7. The van der Waals surface area contributed by atoms with Crippen LogP contribution in [-0.4, -0.2) is 23.3 Å². The highest BCUT2D eigenvalue weighted by Gasteiger charge is 2.62. The molecule has 0 spiro atoms. The van der Waals surface area contributed by atoms with Crippen LogP contribution in [0.1, 0.15) is 62.0 Å². The summed E-state index contributed by atoms with van der Waals surface area (Å²) >= 11 is 0. The number of imide groups is 1. The van der Waals surface area contributed by atoms with Crippen molar-refractivity contribution in [1.82, 2.24) is 4.90 Å². The number of allylic oxidation sites excluding steroid dienone is 3. The Labute approximate surface area is 190 Å². The second-order valence-electron chi connectivity index (χ2n) is 9.62. The van der Waals surface area contributed by atoms with Crippen LogP contribution in [0.15, 0.2) is 84.5 Å². The Morgan fingerprint density at radius 1 is 0.906 bits per heavy atom. The van der Waals surface area contributed by atoms with E-state index in [9.17, 15) is 9.59 Å². The molecule has 5 rings (SSSR count). The van der Waals surface area contributed by atoms with Gasteiger partial charge in [-0.3, -0.25) is 14.5 Å². The van der Waals surface area contributed by atoms with Crippen molar-refractivity contribution >= 4 is 11.8 Å². The highest BCUT2D eigenvalue weighted by Crippen LogP contribution is 2.57. The molecule has 2 aliphatic carbocycles. The van der Waals surface area contributed by atoms with Gasteiger partial charge in [0.1, 0.15) is 0 Å². The van der Waals surface area contributed by atoms with Crippen LogP contribution < -0.4 is 0 Å². The Hall–Kier alpha value is -2.94. The fourth-order valence-corrected chi connectivity index (χ4v) is 6.04. The average molecular weight is 426 g/mol. The van der Waals surface area contributed by atoms with E-state index in [1.807, 2.05) is 43.3 Å². The molecule has 32 heavy (non-hydrogen) atoms. The SMILES string of the molecule is C[C@]12C(=O)N(CCC3=CCCCC3)C(=O)[C@@H]1[C@H](c1ccccc1)C=C[C@H]2c1ccccc1. The second kappa shape index (κ2) is 8.54. The molecule has 1 aliphatic heterocycles. The molecular weight excluding hydrogens is 394 g/mol. The van der Waals surface area contributed by atoms with Crippen molar-refractivity contribution in [3.63, 3.8) is 0 Å². The van der Waals surface area contributed by atoms with Gasteiger partial charge in [-0.2, -0.15) is 0 Å². The van der Waals surface area contributed by atoms with Gasteiger partial charge in [0.15, 0.2) is 0 Å². The maximum Gasteiger partial charge on any atom is 0.236 e. The van der Waals surface area contributed by atoms with Crippen molar-refractivity contribution in [2.75, 3.05) is 6.54 Å². The molecule has 0 saturated carbocycles. The van der Waals surface area contributed by atoms with Crippen LogP contribution >= 0.6 is 0 Å². The van der Waals surface area contributed by atoms with Crippen molar-refractivity contribution in [3.8, 4) is 0 Å². The predicted molar refractivity (Wildman–Crippen MR) is 127 cm³/mol. The molecule has 2 aromatic carbocycles. The number of rotatable bonds is 5. The highest BCUT2D eigenvalue weighted by atomic mass is 16.2. The summed E-state index contributed by atoms with van der Waals surface area (Å²) in [4.78, 5) is 29.4. The van der Waals surface area contributed by atoms with Crippen LogP contribution in [0.25, 0.3) is 0 Å². The standard InChI is InChI=1S/C29H31NO2/c1-29-25(23-15-9-4-10-16-23)18-17-24(22-13-7-3-8-14-22)26(29)27(31)30(28(29)32)20-19-21-11-5-2-6-12-21/h3-4,7-11,13-18,24-26H,2,5-6,12,19-20H2,1H3/t24-,25-,26-,29+/m0/s1. The van der Waals surface area contributed by atoms with Crippen molar-refractivity contribution in [1.29, 1.82) is 0 Å². The summed E-state index contributed by atoms with van der Waals surface area (Å²) in [5.41, 5.74) is 2.81. The van der Waals surface area contributed by atoms with Crippen molar-refractivity contribution in [2.45, 2.75) is 50.9 Å². The summed E-state index contributed by atoms with van der Waals surface area (Å²) < 4.78 is 0. The lowest BCUT2D eigenvalue weighted by atomic mass is 9.58. The van der Waals surface area contributed by atoms with Crippen LogP contribution in [0.3, 0.4) is 0 Å². The molecule has 3 nitrogen and oxygen atoms in total. The highest BCUT2D eigenvalue weighted by molar-refractivity contribution is 6.08. The lowest BCUT2D eigenvalue weighted by molar-refractivity contribution is -0.141. The minimum Gasteiger partial charge on any atom is -0.281 e. The molecule has 3 aliphatic rings. The second-order valence-corrected chi connectivity index (χ2v) is 9.62. The first-order valence-electron chi connectivity index (χ1n) is 11.9. The molecule has 0 unspecified atom stereocenters. The zero-order chi connectivity index (χ0) is 22.1. The number of carbonyl (C=O) groups is 2. The summed E-state index contributed by atoms with van der Waals surface area (Å²) in [7, 11) is 0.